The highest BCUT2D eigenvalue weighted by Gasteiger charge is 2.31. The van der Waals surface area contributed by atoms with Gasteiger partial charge in [-0.2, -0.15) is 0 Å². The first-order chi connectivity index (χ1) is 18.2. The normalized spacial score (nSPS) is 16.6. The van der Waals surface area contributed by atoms with E-state index in [1.807, 2.05) is 48.8 Å². The van der Waals surface area contributed by atoms with E-state index in [0.29, 0.717) is 12.4 Å². The molecular formula is C29H34N6O2. The molecule has 0 aliphatic carbocycles. The van der Waals surface area contributed by atoms with Crippen molar-refractivity contribution in [1.82, 2.24) is 25.1 Å². The zero-order chi connectivity index (χ0) is 25.6. The van der Waals surface area contributed by atoms with Crippen LogP contribution in [0, 0.1) is 0 Å². The minimum atomic E-state index is -0.0925. The van der Waals surface area contributed by atoms with E-state index < -0.39 is 0 Å². The molecular weight excluding hydrogens is 464 g/mol. The summed E-state index contributed by atoms with van der Waals surface area (Å²) in [6.45, 7) is 7.67. The summed E-state index contributed by atoms with van der Waals surface area (Å²) in [6, 6.07) is 15.9. The second-order valence-electron chi connectivity index (χ2n) is 9.23. The molecule has 0 fully saturated rings. The van der Waals surface area contributed by atoms with Gasteiger partial charge in [0.2, 0.25) is 0 Å². The van der Waals surface area contributed by atoms with E-state index in [2.05, 4.69) is 57.3 Å². The first-order valence-electron chi connectivity index (χ1n) is 12.9. The summed E-state index contributed by atoms with van der Waals surface area (Å²) in [5, 5.41) is 3.59. The lowest BCUT2D eigenvalue weighted by atomic mass is 10.1. The number of methoxy groups -OCH3 is 1. The van der Waals surface area contributed by atoms with E-state index in [1.54, 1.807) is 7.11 Å². The lowest BCUT2D eigenvalue weighted by molar-refractivity contribution is 0.235. The van der Waals surface area contributed by atoms with Crippen LogP contribution < -0.4 is 14.8 Å². The second-order valence-corrected chi connectivity index (χ2v) is 9.23. The number of amidine groups is 1. The average molecular weight is 499 g/mol. The zero-order valence-electron chi connectivity index (χ0n) is 21.7. The first-order valence-corrected chi connectivity index (χ1v) is 12.9. The number of nitrogens with one attached hydrogen (secondary N) is 1. The van der Waals surface area contributed by atoms with Gasteiger partial charge in [0, 0.05) is 37.2 Å². The maximum absolute atomic E-state index is 5.95. The van der Waals surface area contributed by atoms with Crippen LogP contribution in [0.4, 0.5) is 0 Å². The van der Waals surface area contributed by atoms with Gasteiger partial charge in [-0.05, 0) is 48.2 Å². The summed E-state index contributed by atoms with van der Waals surface area (Å²) in [6.07, 6.45) is 7.98. The molecule has 192 valence electrons. The molecule has 0 saturated heterocycles. The molecule has 0 radical (unpaired) electrons. The summed E-state index contributed by atoms with van der Waals surface area (Å²) in [5.41, 5.74) is 4.20. The quantitative estimate of drug-likeness (QED) is 0.423. The monoisotopic (exact) mass is 498 g/mol. The van der Waals surface area contributed by atoms with Gasteiger partial charge in [-0.15, -0.1) is 0 Å². The molecule has 1 atom stereocenters. The number of ether oxygens (including phenoxy) is 2. The summed E-state index contributed by atoms with van der Waals surface area (Å²) in [4.78, 5) is 18.7. The van der Waals surface area contributed by atoms with Crippen LogP contribution in [0.15, 0.2) is 77.8 Å². The fraction of sp³-hybridized carbons (Fsp3) is 0.345. The third-order valence-corrected chi connectivity index (χ3v) is 6.44. The van der Waals surface area contributed by atoms with Gasteiger partial charge in [0.15, 0.2) is 11.7 Å². The third-order valence-electron chi connectivity index (χ3n) is 6.44. The fourth-order valence-corrected chi connectivity index (χ4v) is 4.58. The third kappa shape index (κ3) is 5.69. The summed E-state index contributed by atoms with van der Waals surface area (Å²) < 4.78 is 11.2. The van der Waals surface area contributed by atoms with Crippen molar-refractivity contribution in [1.29, 1.82) is 0 Å². The maximum atomic E-state index is 5.95. The number of aromatic nitrogens is 2. The highest BCUT2D eigenvalue weighted by Crippen LogP contribution is 2.28. The zero-order valence-corrected chi connectivity index (χ0v) is 21.7. The highest BCUT2D eigenvalue weighted by molar-refractivity contribution is 6.00. The molecule has 1 aromatic heterocycles. The molecule has 2 aliphatic heterocycles. The molecule has 3 heterocycles. The Bertz CT molecular complexity index is 1240. The molecule has 8 heteroatoms. The highest BCUT2D eigenvalue weighted by atomic mass is 16.5. The SMILES string of the molecule is CCCN1C=C2NC(c3ccc(OCc4ncc(-c5ccc(OC)cc5)cn4)cc3)N=C2N(CCC)C1. The smallest absolute Gasteiger partial charge is 0.166 e. The van der Waals surface area contributed by atoms with Crippen LogP contribution in [0.1, 0.15) is 44.2 Å². The summed E-state index contributed by atoms with van der Waals surface area (Å²) in [5.74, 6) is 3.29. The van der Waals surface area contributed by atoms with Crippen LogP contribution in [0.3, 0.4) is 0 Å². The van der Waals surface area contributed by atoms with Gasteiger partial charge in [-0.1, -0.05) is 38.1 Å². The Labute approximate surface area is 218 Å². The number of hydrogen-bond donors (Lipinski definition) is 1. The Hall–Kier alpha value is -4.07. The number of rotatable bonds is 10. The van der Waals surface area contributed by atoms with Gasteiger partial charge < -0.3 is 24.6 Å². The van der Waals surface area contributed by atoms with Crippen molar-refractivity contribution in [2.24, 2.45) is 4.99 Å². The largest absolute Gasteiger partial charge is 0.497 e. The Morgan fingerprint density at radius 2 is 1.59 bits per heavy atom. The number of hydrogen-bond acceptors (Lipinski definition) is 8. The topological polar surface area (TPSA) is 75.1 Å². The number of benzene rings is 2. The molecule has 1 unspecified atom stereocenters. The lowest BCUT2D eigenvalue weighted by Crippen LogP contribution is -2.45. The van der Waals surface area contributed by atoms with Crippen LogP contribution in [-0.4, -0.2) is 52.5 Å². The van der Waals surface area contributed by atoms with Crippen LogP contribution >= 0.6 is 0 Å². The van der Waals surface area contributed by atoms with E-state index >= 15 is 0 Å². The van der Waals surface area contributed by atoms with Crippen LogP contribution in [0.5, 0.6) is 11.5 Å². The van der Waals surface area contributed by atoms with Gasteiger partial charge in [0.25, 0.3) is 0 Å². The van der Waals surface area contributed by atoms with Crippen LogP contribution in [0.2, 0.25) is 0 Å². The molecule has 37 heavy (non-hydrogen) atoms. The van der Waals surface area contributed by atoms with Crippen molar-refractivity contribution in [2.75, 3.05) is 26.9 Å². The second kappa shape index (κ2) is 11.3. The molecule has 8 nitrogen and oxygen atoms in total. The fourth-order valence-electron chi connectivity index (χ4n) is 4.58. The molecule has 0 bridgehead atoms. The van der Waals surface area contributed by atoms with E-state index in [1.165, 1.54) is 0 Å². The molecule has 2 aliphatic rings. The molecule has 2 aromatic carbocycles. The number of nitrogens with zero attached hydrogens (tertiary/aromatic N) is 5. The van der Waals surface area contributed by atoms with Gasteiger partial charge in [-0.25, -0.2) is 15.0 Å². The van der Waals surface area contributed by atoms with E-state index in [4.69, 9.17) is 14.5 Å². The number of fused-ring (bicyclic) bond motifs is 1. The van der Waals surface area contributed by atoms with Crippen molar-refractivity contribution in [3.05, 3.63) is 84.2 Å². The Balaban J connectivity index is 1.20. The van der Waals surface area contributed by atoms with Gasteiger partial charge >= 0.3 is 0 Å². The van der Waals surface area contributed by atoms with Crippen LogP contribution in [0.25, 0.3) is 11.1 Å². The Morgan fingerprint density at radius 3 is 2.27 bits per heavy atom. The van der Waals surface area contributed by atoms with Crippen molar-refractivity contribution < 1.29 is 9.47 Å². The van der Waals surface area contributed by atoms with Gasteiger partial charge in [0.05, 0.1) is 19.5 Å². The minimum Gasteiger partial charge on any atom is -0.497 e. The lowest BCUT2D eigenvalue weighted by Gasteiger charge is -2.35. The summed E-state index contributed by atoms with van der Waals surface area (Å²) >= 11 is 0. The predicted molar refractivity (Wildman–Crippen MR) is 145 cm³/mol. The molecule has 0 amide bonds. The molecule has 0 saturated carbocycles. The predicted octanol–water partition coefficient (Wildman–Crippen LogP) is 4.97. The summed E-state index contributed by atoms with van der Waals surface area (Å²) in [7, 11) is 1.66. The van der Waals surface area contributed by atoms with Crippen molar-refractivity contribution in [3.63, 3.8) is 0 Å². The standard InChI is InChI=1S/C29H34N6O2/c1-4-14-34-18-26-29(35(20-34)15-5-2)33-28(32-26)22-8-12-25(13-9-22)37-19-27-30-16-23(17-31-27)21-6-10-24(36-3)11-7-21/h6-13,16-18,28,32H,4-5,14-15,19-20H2,1-3H3. The Kier molecular flexibility index (Phi) is 7.54. The molecule has 5 rings (SSSR count). The first kappa shape index (κ1) is 24.6. The molecule has 1 N–H and O–H groups in total. The van der Waals surface area contributed by atoms with E-state index in [9.17, 15) is 0 Å². The van der Waals surface area contributed by atoms with E-state index in [-0.39, 0.29) is 6.17 Å². The van der Waals surface area contributed by atoms with Crippen molar-refractivity contribution in [3.8, 4) is 22.6 Å². The number of aliphatic imine (C=N–C) groups is 1. The molecule has 0 spiro atoms. The maximum Gasteiger partial charge on any atom is 0.166 e. The van der Waals surface area contributed by atoms with E-state index in [0.717, 1.165) is 72.3 Å². The van der Waals surface area contributed by atoms with Gasteiger partial charge in [-0.3, -0.25) is 0 Å². The average Bonchev–Trinajstić information content (AvgIpc) is 3.37. The van der Waals surface area contributed by atoms with Crippen LogP contribution in [-0.2, 0) is 6.61 Å². The molecule has 3 aromatic rings. The minimum absolute atomic E-state index is 0.0925. The van der Waals surface area contributed by atoms with Crippen molar-refractivity contribution >= 4 is 5.84 Å². The van der Waals surface area contributed by atoms with Crippen molar-refractivity contribution in [2.45, 2.75) is 39.5 Å². The van der Waals surface area contributed by atoms with Gasteiger partial charge in [0.1, 0.15) is 24.3 Å². The Morgan fingerprint density at radius 1 is 0.892 bits per heavy atom.